The average molecular weight is 353 g/mol. The molecule has 2 aromatic rings. The maximum absolute atomic E-state index is 12.6. The Labute approximate surface area is 155 Å². The van der Waals surface area contributed by atoms with E-state index in [0.29, 0.717) is 5.56 Å². The van der Waals surface area contributed by atoms with Crippen molar-refractivity contribution in [2.75, 3.05) is 23.3 Å². The standard InChI is InChI=1S/C21H27N3O2/c1-16(2)26-19-9-7-18(8-10-19)23-21(25)17-11-12-22-20(15-17)24-13-5-3-4-6-14-24/h7-12,15-16H,3-6,13-14H2,1-2H3,(H,23,25). The minimum absolute atomic E-state index is 0.124. The number of nitrogens with zero attached hydrogens (tertiary/aromatic N) is 2. The SMILES string of the molecule is CC(C)Oc1ccc(NC(=O)c2ccnc(N3CCCCCC3)c2)cc1. The lowest BCUT2D eigenvalue weighted by atomic mass is 10.2. The fourth-order valence-electron chi connectivity index (χ4n) is 3.12. The van der Waals surface area contributed by atoms with Crippen LogP contribution in [0.5, 0.6) is 5.75 Å². The predicted molar refractivity (Wildman–Crippen MR) is 105 cm³/mol. The topological polar surface area (TPSA) is 54.5 Å². The molecule has 1 aliphatic heterocycles. The number of anilines is 2. The molecule has 0 spiro atoms. The summed E-state index contributed by atoms with van der Waals surface area (Å²) in [4.78, 5) is 19.3. The molecule has 1 amide bonds. The molecule has 3 rings (SSSR count). The van der Waals surface area contributed by atoms with Gasteiger partial charge in [-0.3, -0.25) is 4.79 Å². The maximum Gasteiger partial charge on any atom is 0.255 e. The third kappa shape index (κ3) is 4.97. The first-order valence-electron chi connectivity index (χ1n) is 9.41. The summed E-state index contributed by atoms with van der Waals surface area (Å²) in [7, 11) is 0. The van der Waals surface area contributed by atoms with E-state index < -0.39 is 0 Å². The van der Waals surface area contributed by atoms with Gasteiger partial charge in [-0.1, -0.05) is 12.8 Å². The molecule has 1 aromatic heterocycles. The van der Waals surface area contributed by atoms with Crippen LogP contribution in [0, 0.1) is 0 Å². The molecule has 0 radical (unpaired) electrons. The molecule has 1 fully saturated rings. The highest BCUT2D eigenvalue weighted by Gasteiger charge is 2.14. The Balaban J connectivity index is 1.66. The van der Waals surface area contributed by atoms with Crippen LogP contribution in [0.25, 0.3) is 0 Å². The first-order valence-corrected chi connectivity index (χ1v) is 9.41. The Morgan fingerprint density at radius 1 is 1.08 bits per heavy atom. The minimum Gasteiger partial charge on any atom is -0.491 e. The number of pyridine rings is 1. The van der Waals surface area contributed by atoms with Gasteiger partial charge in [0.2, 0.25) is 0 Å². The van der Waals surface area contributed by atoms with Crippen molar-refractivity contribution in [1.29, 1.82) is 0 Å². The summed E-state index contributed by atoms with van der Waals surface area (Å²) in [6, 6.07) is 11.1. The summed E-state index contributed by atoms with van der Waals surface area (Å²) in [6.45, 7) is 5.99. The summed E-state index contributed by atoms with van der Waals surface area (Å²) in [5, 5.41) is 2.94. The second-order valence-electron chi connectivity index (χ2n) is 6.95. The van der Waals surface area contributed by atoms with E-state index in [1.807, 2.05) is 44.2 Å². The van der Waals surface area contributed by atoms with Crippen molar-refractivity contribution in [2.45, 2.75) is 45.6 Å². The van der Waals surface area contributed by atoms with E-state index in [-0.39, 0.29) is 12.0 Å². The van der Waals surface area contributed by atoms with Gasteiger partial charge in [0.25, 0.3) is 5.91 Å². The van der Waals surface area contributed by atoms with Gasteiger partial charge in [-0.2, -0.15) is 0 Å². The van der Waals surface area contributed by atoms with Crippen molar-refractivity contribution < 1.29 is 9.53 Å². The van der Waals surface area contributed by atoms with Crippen LogP contribution in [0.4, 0.5) is 11.5 Å². The number of hydrogen-bond donors (Lipinski definition) is 1. The Morgan fingerprint density at radius 3 is 2.42 bits per heavy atom. The molecule has 0 atom stereocenters. The van der Waals surface area contributed by atoms with E-state index in [4.69, 9.17) is 4.74 Å². The van der Waals surface area contributed by atoms with Crippen LogP contribution in [0.2, 0.25) is 0 Å². The third-order valence-electron chi connectivity index (χ3n) is 4.42. The second-order valence-corrected chi connectivity index (χ2v) is 6.95. The first kappa shape index (κ1) is 18.2. The smallest absolute Gasteiger partial charge is 0.255 e. The van der Waals surface area contributed by atoms with Gasteiger partial charge in [0, 0.05) is 30.5 Å². The molecule has 5 nitrogen and oxygen atoms in total. The molecule has 26 heavy (non-hydrogen) atoms. The molecule has 0 saturated carbocycles. The second kappa shape index (κ2) is 8.70. The molecular formula is C21H27N3O2. The van der Waals surface area contributed by atoms with Crippen LogP contribution < -0.4 is 15.0 Å². The molecular weight excluding hydrogens is 326 g/mol. The average Bonchev–Trinajstić information content (AvgIpc) is 2.92. The summed E-state index contributed by atoms with van der Waals surface area (Å²) < 4.78 is 5.63. The van der Waals surface area contributed by atoms with Gasteiger partial charge in [-0.25, -0.2) is 4.98 Å². The van der Waals surface area contributed by atoms with Gasteiger partial charge in [0.05, 0.1) is 6.10 Å². The number of ether oxygens (including phenoxy) is 1. The Kier molecular flexibility index (Phi) is 6.10. The van der Waals surface area contributed by atoms with E-state index >= 15 is 0 Å². The summed E-state index contributed by atoms with van der Waals surface area (Å²) in [5.74, 6) is 1.56. The number of rotatable bonds is 5. The lowest BCUT2D eigenvalue weighted by molar-refractivity contribution is 0.102. The summed E-state index contributed by atoms with van der Waals surface area (Å²) in [6.07, 6.45) is 6.76. The Bertz CT molecular complexity index is 720. The number of amides is 1. The largest absolute Gasteiger partial charge is 0.491 e. The van der Waals surface area contributed by atoms with E-state index in [2.05, 4.69) is 15.2 Å². The zero-order valence-electron chi connectivity index (χ0n) is 15.6. The van der Waals surface area contributed by atoms with Gasteiger partial charge in [-0.05, 0) is 63.1 Å². The first-order chi connectivity index (χ1) is 12.6. The number of nitrogens with one attached hydrogen (secondary N) is 1. The minimum atomic E-state index is -0.124. The van der Waals surface area contributed by atoms with Crippen molar-refractivity contribution in [3.05, 3.63) is 48.2 Å². The molecule has 1 aliphatic rings. The molecule has 1 aromatic carbocycles. The van der Waals surface area contributed by atoms with Crippen molar-refractivity contribution in [3.63, 3.8) is 0 Å². The van der Waals surface area contributed by atoms with Crippen LogP contribution in [-0.4, -0.2) is 30.1 Å². The van der Waals surface area contributed by atoms with E-state index in [0.717, 1.165) is 30.3 Å². The zero-order valence-corrected chi connectivity index (χ0v) is 15.6. The van der Waals surface area contributed by atoms with Crippen LogP contribution in [0.3, 0.4) is 0 Å². The third-order valence-corrected chi connectivity index (χ3v) is 4.42. The Morgan fingerprint density at radius 2 is 1.77 bits per heavy atom. The zero-order chi connectivity index (χ0) is 18.4. The highest BCUT2D eigenvalue weighted by Crippen LogP contribution is 2.20. The van der Waals surface area contributed by atoms with E-state index in [1.165, 1.54) is 25.7 Å². The monoisotopic (exact) mass is 353 g/mol. The van der Waals surface area contributed by atoms with Crippen LogP contribution >= 0.6 is 0 Å². The number of benzene rings is 1. The normalized spacial score (nSPS) is 14.8. The highest BCUT2D eigenvalue weighted by atomic mass is 16.5. The van der Waals surface area contributed by atoms with Gasteiger partial charge < -0.3 is 15.0 Å². The van der Waals surface area contributed by atoms with Crippen molar-refractivity contribution in [2.24, 2.45) is 0 Å². The molecule has 0 bridgehead atoms. The number of carbonyl (C=O) groups is 1. The lowest BCUT2D eigenvalue weighted by Crippen LogP contribution is -2.25. The maximum atomic E-state index is 12.6. The molecule has 1 N–H and O–H groups in total. The number of aromatic nitrogens is 1. The van der Waals surface area contributed by atoms with E-state index in [9.17, 15) is 4.79 Å². The molecule has 2 heterocycles. The fourth-order valence-corrected chi connectivity index (χ4v) is 3.12. The van der Waals surface area contributed by atoms with Gasteiger partial charge in [0.1, 0.15) is 11.6 Å². The van der Waals surface area contributed by atoms with Gasteiger partial charge in [-0.15, -0.1) is 0 Å². The fraction of sp³-hybridized carbons (Fsp3) is 0.429. The lowest BCUT2D eigenvalue weighted by Gasteiger charge is -2.21. The summed E-state index contributed by atoms with van der Waals surface area (Å²) in [5.41, 5.74) is 1.38. The van der Waals surface area contributed by atoms with Gasteiger partial charge in [0.15, 0.2) is 0 Å². The predicted octanol–water partition coefficient (Wildman–Crippen LogP) is 4.50. The van der Waals surface area contributed by atoms with Crippen LogP contribution in [0.15, 0.2) is 42.6 Å². The number of carbonyl (C=O) groups excluding carboxylic acids is 1. The Hall–Kier alpha value is -2.56. The molecule has 5 heteroatoms. The van der Waals surface area contributed by atoms with Crippen molar-refractivity contribution in [1.82, 2.24) is 4.98 Å². The van der Waals surface area contributed by atoms with Crippen molar-refractivity contribution >= 4 is 17.4 Å². The highest BCUT2D eigenvalue weighted by molar-refractivity contribution is 6.04. The molecule has 1 saturated heterocycles. The van der Waals surface area contributed by atoms with Crippen LogP contribution in [-0.2, 0) is 0 Å². The number of hydrogen-bond acceptors (Lipinski definition) is 4. The van der Waals surface area contributed by atoms with Crippen molar-refractivity contribution in [3.8, 4) is 5.75 Å². The summed E-state index contributed by atoms with van der Waals surface area (Å²) >= 11 is 0. The quantitative estimate of drug-likeness (QED) is 0.860. The molecule has 0 aliphatic carbocycles. The van der Waals surface area contributed by atoms with E-state index in [1.54, 1.807) is 12.3 Å². The molecule has 0 unspecified atom stereocenters. The van der Waals surface area contributed by atoms with Crippen LogP contribution in [0.1, 0.15) is 49.9 Å². The van der Waals surface area contributed by atoms with Gasteiger partial charge >= 0.3 is 0 Å². The molecule has 138 valence electrons.